The van der Waals surface area contributed by atoms with Crippen molar-refractivity contribution in [1.82, 2.24) is 9.55 Å². The molecule has 0 bridgehead atoms. The van der Waals surface area contributed by atoms with E-state index >= 15 is 0 Å². The van der Waals surface area contributed by atoms with Crippen LogP contribution >= 0.6 is 0 Å². The van der Waals surface area contributed by atoms with Crippen molar-refractivity contribution in [2.45, 2.75) is 25.7 Å². The molecule has 0 spiro atoms. The molecule has 1 aliphatic rings. The van der Waals surface area contributed by atoms with Gasteiger partial charge in [0.2, 0.25) is 0 Å². The molecule has 96 valence electrons. The Morgan fingerprint density at radius 1 is 1.21 bits per heavy atom. The third-order valence-corrected chi connectivity index (χ3v) is 5.06. The Bertz CT molecular complexity index is 799. The first-order chi connectivity index (χ1) is 9.13. The number of aryl methyl sites for hydroxylation is 1. The van der Waals surface area contributed by atoms with Crippen molar-refractivity contribution in [3.63, 3.8) is 0 Å². The number of fused-ring (bicyclic) bond motifs is 3. The first-order valence-electron chi connectivity index (χ1n) is 6.95. The second-order valence-corrected chi connectivity index (χ2v) is 6.15. The van der Waals surface area contributed by atoms with Crippen LogP contribution in [-0.2, 0) is 12.5 Å². The molecule has 2 aromatic heterocycles. The molecule has 2 heterocycles. The van der Waals surface area contributed by atoms with Crippen molar-refractivity contribution < 1.29 is 0 Å². The number of aromatic nitrogens is 2. The maximum Gasteiger partial charge on any atom is 0.0962 e. The molecule has 4 rings (SSSR count). The Labute approximate surface area is 113 Å². The zero-order valence-corrected chi connectivity index (χ0v) is 11.6. The number of pyridine rings is 1. The Morgan fingerprint density at radius 2 is 1.95 bits per heavy atom. The van der Waals surface area contributed by atoms with Crippen LogP contribution in [0, 0.1) is 5.92 Å². The predicted octanol–water partition coefficient (Wildman–Crippen LogP) is 4.02. The van der Waals surface area contributed by atoms with Gasteiger partial charge in [-0.3, -0.25) is 4.98 Å². The van der Waals surface area contributed by atoms with Crippen LogP contribution in [0.15, 0.2) is 36.5 Å². The number of hydrogen-bond acceptors (Lipinski definition) is 1. The van der Waals surface area contributed by atoms with Crippen LogP contribution < -0.4 is 0 Å². The van der Waals surface area contributed by atoms with Crippen LogP contribution in [0.5, 0.6) is 0 Å². The SMILES string of the molecule is C[C@H]1CC1(C)c1cccc2c1c1ncccc1n2C. The highest BCUT2D eigenvalue weighted by molar-refractivity contribution is 6.08. The number of rotatable bonds is 1. The average Bonchev–Trinajstić information content (AvgIpc) is 2.94. The van der Waals surface area contributed by atoms with E-state index < -0.39 is 0 Å². The van der Waals surface area contributed by atoms with E-state index in [1.165, 1.54) is 28.4 Å². The molecule has 1 aromatic carbocycles. The molecule has 2 atom stereocenters. The highest BCUT2D eigenvalue weighted by Crippen LogP contribution is 2.55. The number of benzene rings is 1. The van der Waals surface area contributed by atoms with Crippen molar-refractivity contribution in [2.75, 3.05) is 0 Å². The Hall–Kier alpha value is -1.83. The van der Waals surface area contributed by atoms with Gasteiger partial charge in [0, 0.05) is 18.6 Å². The number of hydrogen-bond donors (Lipinski definition) is 0. The second-order valence-electron chi connectivity index (χ2n) is 6.15. The third kappa shape index (κ3) is 1.29. The van der Waals surface area contributed by atoms with Crippen LogP contribution in [0.4, 0.5) is 0 Å². The molecule has 2 heteroatoms. The van der Waals surface area contributed by atoms with E-state index in [0.717, 1.165) is 11.4 Å². The maximum atomic E-state index is 4.64. The van der Waals surface area contributed by atoms with Gasteiger partial charge in [-0.15, -0.1) is 0 Å². The van der Waals surface area contributed by atoms with E-state index in [1.54, 1.807) is 0 Å². The quantitative estimate of drug-likeness (QED) is 0.637. The fraction of sp³-hybridized carbons (Fsp3) is 0.353. The van der Waals surface area contributed by atoms with Crippen molar-refractivity contribution >= 4 is 21.9 Å². The fourth-order valence-electron chi connectivity index (χ4n) is 3.49. The van der Waals surface area contributed by atoms with Crippen LogP contribution in [0.25, 0.3) is 21.9 Å². The molecule has 0 radical (unpaired) electrons. The van der Waals surface area contributed by atoms with Gasteiger partial charge in [-0.1, -0.05) is 26.0 Å². The highest BCUT2D eigenvalue weighted by Gasteiger charge is 2.48. The summed E-state index contributed by atoms with van der Waals surface area (Å²) in [6, 6.07) is 10.9. The monoisotopic (exact) mass is 250 g/mol. The van der Waals surface area contributed by atoms with E-state index in [-0.39, 0.29) is 0 Å². The minimum Gasteiger partial charge on any atom is -0.342 e. The Morgan fingerprint density at radius 3 is 2.68 bits per heavy atom. The lowest BCUT2D eigenvalue weighted by Gasteiger charge is -2.12. The van der Waals surface area contributed by atoms with E-state index in [9.17, 15) is 0 Å². The zero-order valence-electron chi connectivity index (χ0n) is 11.6. The summed E-state index contributed by atoms with van der Waals surface area (Å²) in [6.45, 7) is 4.73. The molecule has 1 unspecified atom stereocenters. The van der Waals surface area contributed by atoms with Gasteiger partial charge < -0.3 is 4.57 Å². The summed E-state index contributed by atoms with van der Waals surface area (Å²) in [6.07, 6.45) is 3.19. The molecule has 1 aliphatic carbocycles. The highest BCUT2D eigenvalue weighted by atomic mass is 15.0. The number of nitrogens with zero attached hydrogens (tertiary/aromatic N) is 2. The van der Waals surface area contributed by atoms with Gasteiger partial charge >= 0.3 is 0 Å². The molecule has 0 saturated heterocycles. The van der Waals surface area contributed by atoms with Gasteiger partial charge in [-0.25, -0.2) is 0 Å². The van der Waals surface area contributed by atoms with E-state index in [4.69, 9.17) is 0 Å². The Kier molecular flexibility index (Phi) is 1.96. The summed E-state index contributed by atoms with van der Waals surface area (Å²) in [5.41, 5.74) is 5.48. The smallest absolute Gasteiger partial charge is 0.0962 e. The summed E-state index contributed by atoms with van der Waals surface area (Å²) in [7, 11) is 2.13. The van der Waals surface area contributed by atoms with Crippen molar-refractivity contribution in [1.29, 1.82) is 0 Å². The molecule has 19 heavy (non-hydrogen) atoms. The first-order valence-corrected chi connectivity index (χ1v) is 6.95. The lowest BCUT2D eigenvalue weighted by Crippen LogP contribution is -2.03. The first kappa shape index (κ1) is 11.0. The summed E-state index contributed by atoms with van der Waals surface area (Å²) < 4.78 is 2.26. The second kappa shape index (κ2) is 3.38. The minimum absolute atomic E-state index is 0.339. The van der Waals surface area contributed by atoms with Crippen LogP contribution in [0.2, 0.25) is 0 Å². The summed E-state index contributed by atoms with van der Waals surface area (Å²) in [5.74, 6) is 0.775. The van der Waals surface area contributed by atoms with Crippen LogP contribution in [0.3, 0.4) is 0 Å². The average molecular weight is 250 g/mol. The summed E-state index contributed by atoms with van der Waals surface area (Å²) >= 11 is 0. The van der Waals surface area contributed by atoms with E-state index in [2.05, 4.69) is 54.7 Å². The normalized spacial score (nSPS) is 26.2. The van der Waals surface area contributed by atoms with Gasteiger partial charge in [0.05, 0.1) is 16.6 Å². The molecule has 2 nitrogen and oxygen atoms in total. The summed E-state index contributed by atoms with van der Waals surface area (Å²) in [5, 5.41) is 1.35. The van der Waals surface area contributed by atoms with Gasteiger partial charge in [-0.05, 0) is 41.5 Å². The van der Waals surface area contributed by atoms with Crippen molar-refractivity contribution in [3.05, 3.63) is 42.1 Å². The standard InChI is InChI=1S/C17H18N2/c1-11-10-17(11,2)12-6-4-7-13-15(12)16-14(19(13)3)8-5-9-18-16/h4-9,11H,10H2,1-3H3/t11-,17?/m0/s1. The molecular formula is C17H18N2. The molecule has 0 amide bonds. The van der Waals surface area contributed by atoms with Gasteiger partial charge in [-0.2, -0.15) is 0 Å². The molecular weight excluding hydrogens is 232 g/mol. The summed E-state index contributed by atoms with van der Waals surface area (Å²) in [4.78, 5) is 4.64. The van der Waals surface area contributed by atoms with Crippen molar-refractivity contribution in [2.24, 2.45) is 13.0 Å². The van der Waals surface area contributed by atoms with Gasteiger partial charge in [0.15, 0.2) is 0 Å². The van der Waals surface area contributed by atoms with Crippen LogP contribution in [-0.4, -0.2) is 9.55 Å². The topological polar surface area (TPSA) is 17.8 Å². The maximum absolute atomic E-state index is 4.64. The minimum atomic E-state index is 0.339. The van der Waals surface area contributed by atoms with E-state index in [1.807, 2.05) is 12.3 Å². The largest absolute Gasteiger partial charge is 0.342 e. The molecule has 1 saturated carbocycles. The Balaban J connectivity index is 2.19. The lowest BCUT2D eigenvalue weighted by molar-refractivity contribution is 0.708. The van der Waals surface area contributed by atoms with E-state index in [0.29, 0.717) is 5.41 Å². The molecule has 1 fully saturated rings. The lowest BCUT2D eigenvalue weighted by atomic mass is 9.92. The third-order valence-electron chi connectivity index (χ3n) is 5.06. The fourth-order valence-corrected chi connectivity index (χ4v) is 3.49. The molecule has 0 aliphatic heterocycles. The predicted molar refractivity (Wildman–Crippen MR) is 79.4 cm³/mol. The van der Waals surface area contributed by atoms with Gasteiger partial charge in [0.1, 0.15) is 0 Å². The van der Waals surface area contributed by atoms with Crippen molar-refractivity contribution in [3.8, 4) is 0 Å². The molecule has 3 aromatic rings. The zero-order chi connectivity index (χ0) is 13.2. The van der Waals surface area contributed by atoms with Gasteiger partial charge in [0.25, 0.3) is 0 Å². The van der Waals surface area contributed by atoms with Crippen LogP contribution in [0.1, 0.15) is 25.8 Å². The molecule has 0 N–H and O–H groups in total.